The Bertz CT molecular complexity index is 349. The van der Waals surface area contributed by atoms with Gasteiger partial charge in [-0.2, -0.15) is 13.2 Å². The van der Waals surface area contributed by atoms with Crippen molar-refractivity contribution in [1.29, 1.82) is 0 Å². The van der Waals surface area contributed by atoms with E-state index in [1.165, 1.54) is 11.3 Å². The third-order valence-corrected chi connectivity index (χ3v) is 3.83. The predicted molar refractivity (Wildman–Crippen MR) is 60.6 cm³/mol. The second-order valence-electron chi connectivity index (χ2n) is 4.88. The van der Waals surface area contributed by atoms with Crippen molar-refractivity contribution in [2.24, 2.45) is 5.73 Å². The van der Waals surface area contributed by atoms with E-state index in [2.05, 4.69) is 0 Å². The number of rotatable bonds is 2. The maximum atomic E-state index is 12.2. The zero-order valence-corrected chi connectivity index (χ0v) is 10.4. The first-order valence-electron chi connectivity index (χ1n) is 5.02. The van der Waals surface area contributed by atoms with Crippen LogP contribution >= 0.6 is 11.3 Å². The highest BCUT2D eigenvalue weighted by atomic mass is 32.1. The van der Waals surface area contributed by atoms with Gasteiger partial charge in [-0.1, -0.05) is 20.8 Å². The molecule has 2 N–H and O–H groups in total. The summed E-state index contributed by atoms with van der Waals surface area (Å²) in [4.78, 5) is 1.65. The number of hydrogen-bond acceptors (Lipinski definition) is 2. The van der Waals surface area contributed by atoms with E-state index >= 15 is 0 Å². The van der Waals surface area contributed by atoms with Crippen molar-refractivity contribution in [2.45, 2.75) is 44.8 Å². The Morgan fingerprint density at radius 3 is 2.19 bits per heavy atom. The molecule has 0 spiro atoms. The molecule has 16 heavy (non-hydrogen) atoms. The number of nitrogens with two attached hydrogens (primary N) is 1. The Morgan fingerprint density at radius 2 is 1.81 bits per heavy atom. The average Bonchev–Trinajstić information content (AvgIpc) is 2.46. The van der Waals surface area contributed by atoms with Gasteiger partial charge in [0, 0.05) is 15.8 Å². The van der Waals surface area contributed by atoms with Crippen molar-refractivity contribution in [1.82, 2.24) is 0 Å². The molecule has 5 heteroatoms. The van der Waals surface area contributed by atoms with Crippen molar-refractivity contribution in [3.05, 3.63) is 21.9 Å². The van der Waals surface area contributed by atoms with Gasteiger partial charge in [0.2, 0.25) is 0 Å². The van der Waals surface area contributed by atoms with Crippen molar-refractivity contribution in [2.75, 3.05) is 0 Å². The minimum atomic E-state index is -4.20. The van der Waals surface area contributed by atoms with Gasteiger partial charge in [0.25, 0.3) is 0 Å². The zero-order valence-electron chi connectivity index (χ0n) is 9.56. The predicted octanol–water partition coefficient (Wildman–Crippen LogP) is 4.00. The fourth-order valence-corrected chi connectivity index (χ4v) is 2.37. The Morgan fingerprint density at radius 1 is 1.25 bits per heavy atom. The van der Waals surface area contributed by atoms with Crippen LogP contribution in [0.5, 0.6) is 0 Å². The largest absolute Gasteiger partial charge is 0.390 e. The van der Waals surface area contributed by atoms with Gasteiger partial charge in [0.05, 0.1) is 6.42 Å². The van der Waals surface area contributed by atoms with Crippen LogP contribution < -0.4 is 5.73 Å². The number of halogens is 3. The molecule has 92 valence electrons. The first kappa shape index (κ1) is 13.5. The Hall–Kier alpha value is -0.550. The van der Waals surface area contributed by atoms with Crippen molar-refractivity contribution in [3.8, 4) is 0 Å². The molecule has 0 bridgehead atoms. The van der Waals surface area contributed by atoms with E-state index < -0.39 is 18.6 Å². The maximum absolute atomic E-state index is 12.2. The molecule has 0 aliphatic rings. The van der Waals surface area contributed by atoms with E-state index in [0.29, 0.717) is 4.88 Å². The number of hydrogen-bond donors (Lipinski definition) is 1. The maximum Gasteiger partial charge on any atom is 0.390 e. The highest BCUT2D eigenvalue weighted by molar-refractivity contribution is 7.12. The molecule has 1 heterocycles. The quantitative estimate of drug-likeness (QED) is 0.844. The molecule has 1 aromatic rings. The summed E-state index contributed by atoms with van der Waals surface area (Å²) in [5.41, 5.74) is 5.49. The lowest BCUT2D eigenvalue weighted by molar-refractivity contribution is -0.138. The van der Waals surface area contributed by atoms with Gasteiger partial charge < -0.3 is 5.73 Å². The number of alkyl halides is 3. The Labute approximate surface area is 97.5 Å². The highest BCUT2D eigenvalue weighted by Crippen LogP contribution is 2.35. The summed E-state index contributed by atoms with van der Waals surface area (Å²) in [6.07, 6.45) is -5.16. The molecule has 0 radical (unpaired) electrons. The van der Waals surface area contributed by atoms with Crippen LogP contribution in [0.4, 0.5) is 13.2 Å². The highest BCUT2D eigenvalue weighted by Gasteiger charge is 2.31. The lowest BCUT2D eigenvalue weighted by Crippen LogP contribution is -2.19. The lowest BCUT2D eigenvalue weighted by atomic mass is 9.95. The number of thiophene rings is 1. The van der Waals surface area contributed by atoms with Crippen LogP contribution in [0.2, 0.25) is 0 Å². The normalized spacial score (nSPS) is 15.2. The molecule has 0 aliphatic carbocycles. The van der Waals surface area contributed by atoms with Gasteiger partial charge >= 0.3 is 6.18 Å². The molecule has 0 amide bonds. The van der Waals surface area contributed by atoms with Crippen LogP contribution in [0.1, 0.15) is 43.0 Å². The van der Waals surface area contributed by atoms with E-state index in [1.54, 1.807) is 6.07 Å². The van der Waals surface area contributed by atoms with Crippen LogP contribution in [0.25, 0.3) is 0 Å². The van der Waals surface area contributed by atoms with Gasteiger partial charge in [-0.3, -0.25) is 0 Å². The second kappa shape index (κ2) is 4.37. The van der Waals surface area contributed by atoms with E-state index in [4.69, 9.17) is 5.73 Å². The Kier molecular flexibility index (Phi) is 3.69. The van der Waals surface area contributed by atoms with Crippen LogP contribution in [0, 0.1) is 0 Å². The van der Waals surface area contributed by atoms with E-state index in [9.17, 15) is 13.2 Å². The molecule has 0 saturated carbocycles. The third-order valence-electron chi connectivity index (χ3n) is 2.18. The average molecular weight is 251 g/mol. The smallest absolute Gasteiger partial charge is 0.323 e. The molecule has 0 aliphatic heterocycles. The van der Waals surface area contributed by atoms with Crippen LogP contribution in [0.3, 0.4) is 0 Å². The summed E-state index contributed by atoms with van der Waals surface area (Å²) in [6, 6.07) is 2.61. The molecular weight excluding hydrogens is 235 g/mol. The summed E-state index contributed by atoms with van der Waals surface area (Å²) in [7, 11) is 0. The Balaban J connectivity index is 2.79. The minimum absolute atomic E-state index is 0.0408. The van der Waals surface area contributed by atoms with Gasteiger partial charge in [0.1, 0.15) is 0 Å². The third kappa shape index (κ3) is 3.79. The minimum Gasteiger partial charge on any atom is -0.323 e. The van der Waals surface area contributed by atoms with Gasteiger partial charge in [-0.25, -0.2) is 0 Å². The summed E-state index contributed by atoms with van der Waals surface area (Å²) < 4.78 is 36.5. The molecule has 1 rings (SSSR count). The molecule has 1 atom stereocenters. The second-order valence-corrected chi connectivity index (χ2v) is 5.99. The summed E-state index contributed by atoms with van der Waals surface area (Å²) >= 11 is 1.36. The molecule has 0 aromatic carbocycles. The standard InChI is InChI=1S/C11H16F3NS/c1-10(2,3)9-5-4-8(16-9)7(15)6-11(12,13)14/h4-5,7H,6,15H2,1-3H3. The van der Waals surface area contributed by atoms with E-state index in [-0.39, 0.29) is 5.41 Å². The van der Waals surface area contributed by atoms with E-state index in [0.717, 1.165) is 4.88 Å². The summed E-state index contributed by atoms with van der Waals surface area (Å²) in [6.45, 7) is 6.08. The van der Waals surface area contributed by atoms with Crippen LogP contribution in [-0.4, -0.2) is 6.18 Å². The fraction of sp³-hybridized carbons (Fsp3) is 0.636. The van der Waals surface area contributed by atoms with Crippen molar-refractivity contribution < 1.29 is 13.2 Å². The molecular formula is C11H16F3NS. The SMILES string of the molecule is CC(C)(C)c1ccc(C(N)CC(F)(F)F)s1. The first-order valence-corrected chi connectivity index (χ1v) is 5.84. The van der Waals surface area contributed by atoms with Crippen LogP contribution in [-0.2, 0) is 5.41 Å². The van der Waals surface area contributed by atoms with Gasteiger partial charge in [0.15, 0.2) is 0 Å². The lowest BCUT2D eigenvalue weighted by Gasteiger charge is -2.16. The van der Waals surface area contributed by atoms with Crippen molar-refractivity contribution >= 4 is 11.3 Å². The van der Waals surface area contributed by atoms with Gasteiger partial charge in [-0.05, 0) is 17.5 Å². The summed E-state index contributed by atoms with van der Waals surface area (Å²) in [5, 5.41) is 0. The molecule has 1 nitrogen and oxygen atoms in total. The molecule has 0 fully saturated rings. The topological polar surface area (TPSA) is 26.0 Å². The van der Waals surface area contributed by atoms with Crippen LogP contribution in [0.15, 0.2) is 12.1 Å². The molecule has 1 aromatic heterocycles. The fourth-order valence-electron chi connectivity index (χ4n) is 1.31. The first-order chi connectivity index (χ1) is 7.09. The monoisotopic (exact) mass is 251 g/mol. The summed E-state index contributed by atoms with van der Waals surface area (Å²) in [5.74, 6) is 0. The van der Waals surface area contributed by atoms with Crippen molar-refractivity contribution in [3.63, 3.8) is 0 Å². The zero-order chi connectivity index (χ0) is 12.6. The van der Waals surface area contributed by atoms with Gasteiger partial charge in [-0.15, -0.1) is 11.3 Å². The molecule has 0 saturated heterocycles. The van der Waals surface area contributed by atoms with E-state index in [1.807, 2.05) is 26.8 Å². The molecule has 1 unspecified atom stereocenters.